The second-order valence-electron chi connectivity index (χ2n) is 4.26. The van der Waals surface area contributed by atoms with Gasteiger partial charge in [-0.25, -0.2) is 8.78 Å². The van der Waals surface area contributed by atoms with Crippen molar-refractivity contribution in [2.75, 3.05) is 7.11 Å². The molecule has 0 saturated heterocycles. The summed E-state index contributed by atoms with van der Waals surface area (Å²) in [6, 6.07) is 5.80. The van der Waals surface area contributed by atoms with Crippen LogP contribution in [-0.4, -0.2) is 25.9 Å². The van der Waals surface area contributed by atoms with E-state index in [2.05, 4.69) is 0 Å². The van der Waals surface area contributed by atoms with Crippen molar-refractivity contribution in [2.45, 2.75) is 4.90 Å². The average molecular weight is 328 g/mol. The molecule has 116 valence electrons. The molecule has 2 aromatic carbocycles. The maximum Gasteiger partial charge on any atom is 0.294 e. The van der Waals surface area contributed by atoms with E-state index >= 15 is 0 Å². The quantitative estimate of drug-likeness (QED) is 0.689. The Hall–Kier alpha value is -2.32. The number of carbonyl (C=O) groups excluding carboxylic acids is 1. The summed E-state index contributed by atoms with van der Waals surface area (Å²) in [7, 11) is -3.35. The van der Waals surface area contributed by atoms with Crippen LogP contribution in [0.15, 0.2) is 41.3 Å². The minimum Gasteiger partial charge on any atom is -0.496 e. The fourth-order valence-electron chi connectivity index (χ4n) is 1.87. The lowest BCUT2D eigenvalue weighted by molar-refractivity contribution is 0.102. The fourth-order valence-corrected chi connectivity index (χ4v) is 2.36. The number of carbonyl (C=O) groups is 1. The van der Waals surface area contributed by atoms with Gasteiger partial charge in [-0.2, -0.15) is 8.42 Å². The Morgan fingerprint density at radius 3 is 2.23 bits per heavy atom. The lowest BCUT2D eigenvalue weighted by Crippen LogP contribution is -2.10. The maximum absolute atomic E-state index is 13.7. The van der Waals surface area contributed by atoms with Crippen LogP contribution < -0.4 is 4.74 Å². The summed E-state index contributed by atoms with van der Waals surface area (Å²) in [5, 5.41) is 0. The molecule has 0 unspecified atom stereocenters. The van der Waals surface area contributed by atoms with Gasteiger partial charge in [0.2, 0.25) is 5.78 Å². The van der Waals surface area contributed by atoms with E-state index in [9.17, 15) is 22.0 Å². The van der Waals surface area contributed by atoms with Crippen LogP contribution in [0.4, 0.5) is 8.78 Å². The Balaban J connectivity index is 2.60. The van der Waals surface area contributed by atoms with Crippen molar-refractivity contribution in [3.8, 4) is 5.75 Å². The van der Waals surface area contributed by atoms with Crippen molar-refractivity contribution in [1.29, 1.82) is 0 Å². The van der Waals surface area contributed by atoms with Crippen LogP contribution in [-0.2, 0) is 10.1 Å². The largest absolute Gasteiger partial charge is 0.496 e. The third-order valence-electron chi connectivity index (χ3n) is 2.91. The van der Waals surface area contributed by atoms with Gasteiger partial charge < -0.3 is 4.74 Å². The minimum absolute atomic E-state index is 0.234. The summed E-state index contributed by atoms with van der Waals surface area (Å²) in [5.74, 6) is -3.34. The first kappa shape index (κ1) is 16.1. The standard InChI is InChI=1S/C14H10F2O5S/c1-21-12-7-8(22(18,19)20)5-6-9(12)14(17)13-10(15)3-2-4-11(13)16/h2-7H,1H3,(H,18,19,20). The molecule has 2 rings (SSSR count). The smallest absolute Gasteiger partial charge is 0.294 e. The average Bonchev–Trinajstić information content (AvgIpc) is 2.45. The third-order valence-corrected chi connectivity index (χ3v) is 3.75. The summed E-state index contributed by atoms with van der Waals surface area (Å²) < 4.78 is 63.2. The zero-order valence-electron chi connectivity index (χ0n) is 11.2. The molecule has 0 aliphatic rings. The Kier molecular flexibility index (Phi) is 4.25. The second kappa shape index (κ2) is 5.82. The molecule has 5 nitrogen and oxygen atoms in total. The van der Waals surface area contributed by atoms with E-state index in [4.69, 9.17) is 9.29 Å². The summed E-state index contributed by atoms with van der Waals surface area (Å²) >= 11 is 0. The van der Waals surface area contributed by atoms with E-state index in [-0.39, 0.29) is 11.3 Å². The third kappa shape index (κ3) is 2.97. The van der Waals surface area contributed by atoms with Crippen LogP contribution in [0.3, 0.4) is 0 Å². The lowest BCUT2D eigenvalue weighted by atomic mass is 10.0. The SMILES string of the molecule is COc1cc(S(=O)(=O)O)ccc1C(=O)c1c(F)cccc1F. The zero-order chi connectivity index (χ0) is 16.5. The van der Waals surface area contributed by atoms with E-state index in [0.717, 1.165) is 43.5 Å². The number of methoxy groups -OCH3 is 1. The first-order valence-electron chi connectivity index (χ1n) is 5.90. The Labute approximate surface area is 124 Å². The molecular formula is C14H10F2O5S. The summed E-state index contributed by atoms with van der Waals surface area (Å²) in [6.07, 6.45) is 0. The minimum atomic E-state index is -4.50. The number of ketones is 1. The molecule has 0 fully saturated rings. The van der Waals surface area contributed by atoms with Crippen LogP contribution in [0.2, 0.25) is 0 Å². The molecule has 0 amide bonds. The highest BCUT2D eigenvalue weighted by molar-refractivity contribution is 7.85. The van der Waals surface area contributed by atoms with Gasteiger partial charge in [0, 0.05) is 6.07 Å². The fraction of sp³-hybridized carbons (Fsp3) is 0.0714. The molecule has 2 aromatic rings. The van der Waals surface area contributed by atoms with E-state index < -0.39 is 38.0 Å². The molecule has 0 spiro atoms. The Bertz CT molecular complexity index is 826. The molecule has 0 aromatic heterocycles. The molecule has 0 radical (unpaired) electrons. The van der Waals surface area contributed by atoms with Gasteiger partial charge in [-0.05, 0) is 24.3 Å². The van der Waals surface area contributed by atoms with Gasteiger partial charge in [-0.3, -0.25) is 9.35 Å². The first-order chi connectivity index (χ1) is 10.3. The van der Waals surface area contributed by atoms with Gasteiger partial charge in [0.1, 0.15) is 17.4 Å². The molecule has 0 saturated carbocycles. The van der Waals surface area contributed by atoms with Crippen molar-refractivity contribution in [1.82, 2.24) is 0 Å². The van der Waals surface area contributed by atoms with Crippen LogP contribution in [0, 0.1) is 11.6 Å². The molecule has 22 heavy (non-hydrogen) atoms. The van der Waals surface area contributed by atoms with Gasteiger partial charge in [0.15, 0.2) is 0 Å². The number of hydrogen-bond donors (Lipinski definition) is 1. The predicted molar refractivity (Wildman–Crippen MR) is 72.6 cm³/mol. The maximum atomic E-state index is 13.7. The predicted octanol–water partition coefficient (Wildman–Crippen LogP) is 2.45. The Morgan fingerprint density at radius 1 is 1.14 bits per heavy atom. The topological polar surface area (TPSA) is 80.7 Å². The first-order valence-corrected chi connectivity index (χ1v) is 7.34. The van der Waals surface area contributed by atoms with Crippen molar-refractivity contribution in [3.05, 3.63) is 59.2 Å². The number of ether oxygens (including phenoxy) is 1. The van der Waals surface area contributed by atoms with Crippen molar-refractivity contribution >= 4 is 15.9 Å². The van der Waals surface area contributed by atoms with Gasteiger partial charge in [0.05, 0.1) is 23.1 Å². The highest BCUT2D eigenvalue weighted by Gasteiger charge is 2.23. The molecule has 0 bridgehead atoms. The molecule has 0 heterocycles. The van der Waals surface area contributed by atoms with Gasteiger partial charge in [-0.15, -0.1) is 0 Å². The van der Waals surface area contributed by atoms with E-state index in [1.807, 2.05) is 0 Å². The number of hydrogen-bond acceptors (Lipinski definition) is 4. The molecule has 0 atom stereocenters. The van der Waals surface area contributed by atoms with Crippen molar-refractivity contribution in [3.63, 3.8) is 0 Å². The van der Waals surface area contributed by atoms with E-state index in [1.54, 1.807) is 0 Å². The molecule has 8 heteroatoms. The van der Waals surface area contributed by atoms with Gasteiger partial charge >= 0.3 is 0 Å². The monoisotopic (exact) mass is 328 g/mol. The van der Waals surface area contributed by atoms with Crippen LogP contribution in [0.1, 0.15) is 15.9 Å². The van der Waals surface area contributed by atoms with Crippen LogP contribution in [0.5, 0.6) is 5.75 Å². The number of benzene rings is 2. The molecule has 0 aliphatic heterocycles. The zero-order valence-corrected chi connectivity index (χ0v) is 12.0. The van der Waals surface area contributed by atoms with E-state index in [1.165, 1.54) is 0 Å². The number of rotatable bonds is 4. The van der Waals surface area contributed by atoms with Crippen molar-refractivity contribution < 1.29 is 31.3 Å². The molecule has 1 N–H and O–H groups in total. The summed E-state index contributed by atoms with van der Waals surface area (Å²) in [4.78, 5) is 11.8. The van der Waals surface area contributed by atoms with Crippen molar-refractivity contribution in [2.24, 2.45) is 0 Å². The van der Waals surface area contributed by atoms with Gasteiger partial charge in [-0.1, -0.05) is 6.07 Å². The normalized spacial score (nSPS) is 11.3. The second-order valence-corrected chi connectivity index (χ2v) is 5.68. The summed E-state index contributed by atoms with van der Waals surface area (Å²) in [6.45, 7) is 0. The van der Waals surface area contributed by atoms with Crippen LogP contribution >= 0.6 is 0 Å². The summed E-state index contributed by atoms with van der Waals surface area (Å²) in [5.41, 5.74) is -1.01. The molecule has 0 aliphatic carbocycles. The Morgan fingerprint density at radius 2 is 1.73 bits per heavy atom. The van der Waals surface area contributed by atoms with E-state index in [0.29, 0.717) is 0 Å². The van der Waals surface area contributed by atoms with Crippen LogP contribution in [0.25, 0.3) is 0 Å². The highest BCUT2D eigenvalue weighted by atomic mass is 32.2. The van der Waals surface area contributed by atoms with Gasteiger partial charge in [0.25, 0.3) is 10.1 Å². The number of halogens is 2. The molecular weight excluding hydrogens is 318 g/mol. The highest BCUT2D eigenvalue weighted by Crippen LogP contribution is 2.27. The lowest BCUT2D eigenvalue weighted by Gasteiger charge is -2.10.